The second-order valence-electron chi connectivity index (χ2n) is 4.66. The maximum Gasteiger partial charge on any atom is 0.254 e. The summed E-state index contributed by atoms with van der Waals surface area (Å²) in [4.78, 5) is 13.2. The largest absolute Gasteiger partial charge is 0.368 e. The molecule has 1 aliphatic heterocycles. The second-order valence-corrected chi connectivity index (χ2v) is 5.77. The maximum absolute atomic E-state index is 12.0. The summed E-state index contributed by atoms with van der Waals surface area (Å²) in [6.07, 6.45) is 4.49. The van der Waals surface area contributed by atoms with Crippen LogP contribution in [0, 0.1) is 11.3 Å². The quantitative estimate of drug-likeness (QED) is 0.889. The Labute approximate surface area is 110 Å². The molecular formula is C13H14N2O2S. The first-order valence-corrected chi connectivity index (χ1v) is 7.08. The molecule has 0 radical (unpaired) electrons. The topological polar surface area (TPSA) is 62.1 Å². The minimum Gasteiger partial charge on any atom is -0.368 e. The van der Waals surface area contributed by atoms with Crippen LogP contribution in [0.25, 0.3) is 0 Å². The third-order valence-electron chi connectivity index (χ3n) is 3.49. The summed E-state index contributed by atoms with van der Waals surface area (Å²) in [6.45, 7) is 0.657. The molecule has 1 amide bonds. The highest BCUT2D eigenvalue weighted by Gasteiger charge is 2.27. The van der Waals surface area contributed by atoms with Gasteiger partial charge in [0.05, 0.1) is 5.56 Å². The molecule has 0 unspecified atom stereocenters. The van der Waals surface area contributed by atoms with Crippen LogP contribution in [0.3, 0.4) is 0 Å². The summed E-state index contributed by atoms with van der Waals surface area (Å²) in [6, 6.07) is 2.23. The van der Waals surface area contributed by atoms with Crippen LogP contribution in [0.4, 0.5) is 5.00 Å². The zero-order valence-electron chi connectivity index (χ0n) is 9.99. The van der Waals surface area contributed by atoms with Gasteiger partial charge in [0.2, 0.25) is 0 Å². The summed E-state index contributed by atoms with van der Waals surface area (Å²) in [5, 5.41) is 12.8. The predicted octanol–water partition coefficient (Wildman–Crippen LogP) is 2.23. The van der Waals surface area contributed by atoms with Crippen LogP contribution in [0.2, 0.25) is 0 Å². The second kappa shape index (κ2) is 4.71. The van der Waals surface area contributed by atoms with E-state index in [-0.39, 0.29) is 12.0 Å². The molecule has 5 heteroatoms. The van der Waals surface area contributed by atoms with Gasteiger partial charge in [-0.2, -0.15) is 5.26 Å². The van der Waals surface area contributed by atoms with Crippen LogP contribution in [0.15, 0.2) is 0 Å². The van der Waals surface area contributed by atoms with Crippen molar-refractivity contribution < 1.29 is 9.53 Å². The lowest BCUT2D eigenvalue weighted by Crippen LogP contribution is -2.26. The number of anilines is 1. The van der Waals surface area contributed by atoms with Crippen molar-refractivity contribution in [2.45, 2.75) is 38.2 Å². The molecule has 0 bridgehead atoms. The standard InChI is InChI=1S/C13H14N2O2S/c14-7-9-8-3-1-5-11(8)18-13(9)15-12(16)10-4-2-6-17-10/h10H,1-6H2,(H,15,16)/t10-/m1/s1. The number of nitriles is 1. The SMILES string of the molecule is N#Cc1c(NC(=O)[C@H]2CCCO2)sc2c1CCC2. The molecule has 1 saturated heterocycles. The van der Waals surface area contributed by atoms with Crippen molar-refractivity contribution >= 4 is 22.2 Å². The Morgan fingerprint density at radius 2 is 2.33 bits per heavy atom. The average Bonchev–Trinajstić information content (AvgIpc) is 3.04. The Balaban J connectivity index is 1.81. The van der Waals surface area contributed by atoms with E-state index in [1.807, 2.05) is 0 Å². The van der Waals surface area contributed by atoms with Gasteiger partial charge in [-0.15, -0.1) is 11.3 Å². The number of thiophene rings is 1. The Morgan fingerprint density at radius 3 is 3.06 bits per heavy atom. The van der Waals surface area contributed by atoms with E-state index >= 15 is 0 Å². The summed E-state index contributed by atoms with van der Waals surface area (Å²) in [7, 11) is 0. The molecular weight excluding hydrogens is 248 g/mol. The molecule has 0 spiro atoms. The summed E-state index contributed by atoms with van der Waals surface area (Å²) in [5.74, 6) is -0.107. The molecule has 4 nitrogen and oxygen atoms in total. The molecule has 1 fully saturated rings. The molecule has 1 aliphatic carbocycles. The van der Waals surface area contributed by atoms with Gasteiger partial charge in [0.1, 0.15) is 17.2 Å². The first kappa shape index (κ1) is 11.7. The van der Waals surface area contributed by atoms with Gasteiger partial charge in [0.25, 0.3) is 5.91 Å². The van der Waals surface area contributed by atoms with Crippen molar-refractivity contribution in [3.8, 4) is 6.07 Å². The predicted molar refractivity (Wildman–Crippen MR) is 68.7 cm³/mol. The number of carbonyl (C=O) groups excluding carboxylic acids is 1. The lowest BCUT2D eigenvalue weighted by atomic mass is 10.1. The van der Waals surface area contributed by atoms with Crippen LogP contribution in [0.1, 0.15) is 35.3 Å². The zero-order valence-corrected chi connectivity index (χ0v) is 10.8. The first-order valence-electron chi connectivity index (χ1n) is 6.26. The zero-order chi connectivity index (χ0) is 12.5. The van der Waals surface area contributed by atoms with Crippen molar-refractivity contribution in [1.29, 1.82) is 5.26 Å². The molecule has 94 valence electrons. The van der Waals surface area contributed by atoms with Gasteiger partial charge in [0.15, 0.2) is 0 Å². The molecule has 18 heavy (non-hydrogen) atoms. The molecule has 0 saturated carbocycles. The van der Waals surface area contributed by atoms with E-state index in [0.717, 1.165) is 37.7 Å². The van der Waals surface area contributed by atoms with Crippen LogP contribution in [-0.4, -0.2) is 18.6 Å². The van der Waals surface area contributed by atoms with Gasteiger partial charge in [-0.1, -0.05) is 0 Å². The number of amides is 1. The normalized spacial score (nSPS) is 21.6. The summed E-state index contributed by atoms with van der Waals surface area (Å²) in [5.41, 5.74) is 1.81. The highest BCUT2D eigenvalue weighted by Crippen LogP contribution is 2.38. The third-order valence-corrected chi connectivity index (χ3v) is 4.70. The van der Waals surface area contributed by atoms with Crippen LogP contribution in [0.5, 0.6) is 0 Å². The van der Waals surface area contributed by atoms with Gasteiger partial charge in [-0.25, -0.2) is 0 Å². The number of aryl methyl sites for hydroxylation is 1. The van der Waals surface area contributed by atoms with Gasteiger partial charge < -0.3 is 10.1 Å². The van der Waals surface area contributed by atoms with Crippen LogP contribution >= 0.6 is 11.3 Å². The maximum atomic E-state index is 12.0. The van der Waals surface area contributed by atoms with Crippen molar-refractivity contribution in [3.05, 3.63) is 16.0 Å². The summed E-state index contributed by atoms with van der Waals surface area (Å²) >= 11 is 1.55. The third kappa shape index (κ3) is 1.92. The smallest absolute Gasteiger partial charge is 0.254 e. The molecule has 0 aromatic carbocycles. The van der Waals surface area contributed by atoms with Crippen molar-refractivity contribution in [2.24, 2.45) is 0 Å². The van der Waals surface area contributed by atoms with E-state index in [2.05, 4.69) is 11.4 Å². The fraction of sp³-hybridized carbons (Fsp3) is 0.538. The highest BCUT2D eigenvalue weighted by molar-refractivity contribution is 7.16. The average molecular weight is 262 g/mol. The molecule has 1 aromatic rings. The molecule has 2 heterocycles. The van der Waals surface area contributed by atoms with E-state index in [9.17, 15) is 10.1 Å². The molecule has 2 aliphatic rings. The number of ether oxygens (including phenoxy) is 1. The molecule has 1 aromatic heterocycles. The van der Waals surface area contributed by atoms with E-state index in [4.69, 9.17) is 4.74 Å². The Kier molecular flexibility index (Phi) is 3.06. The molecule has 1 atom stereocenters. The van der Waals surface area contributed by atoms with E-state index in [0.29, 0.717) is 17.2 Å². The number of fused-ring (bicyclic) bond motifs is 1. The van der Waals surface area contributed by atoms with Gasteiger partial charge in [-0.3, -0.25) is 4.79 Å². The Bertz CT molecular complexity index is 524. The van der Waals surface area contributed by atoms with Crippen LogP contribution in [-0.2, 0) is 22.4 Å². The molecule has 3 rings (SSSR count). The molecule has 1 N–H and O–H groups in total. The number of rotatable bonds is 2. The fourth-order valence-corrected chi connectivity index (χ4v) is 3.83. The first-order chi connectivity index (χ1) is 8.79. The van der Waals surface area contributed by atoms with Gasteiger partial charge in [0, 0.05) is 11.5 Å². The monoisotopic (exact) mass is 262 g/mol. The number of nitrogens with one attached hydrogen (secondary N) is 1. The summed E-state index contributed by atoms with van der Waals surface area (Å²) < 4.78 is 5.35. The number of hydrogen-bond acceptors (Lipinski definition) is 4. The van der Waals surface area contributed by atoms with E-state index in [1.165, 1.54) is 4.88 Å². The lowest BCUT2D eigenvalue weighted by molar-refractivity contribution is -0.124. The van der Waals surface area contributed by atoms with E-state index < -0.39 is 0 Å². The Morgan fingerprint density at radius 1 is 1.44 bits per heavy atom. The Hall–Kier alpha value is -1.38. The van der Waals surface area contributed by atoms with Gasteiger partial charge >= 0.3 is 0 Å². The minimum absolute atomic E-state index is 0.107. The highest BCUT2D eigenvalue weighted by atomic mass is 32.1. The van der Waals surface area contributed by atoms with Crippen molar-refractivity contribution in [2.75, 3.05) is 11.9 Å². The van der Waals surface area contributed by atoms with Crippen LogP contribution < -0.4 is 5.32 Å². The van der Waals surface area contributed by atoms with E-state index in [1.54, 1.807) is 11.3 Å². The minimum atomic E-state index is -0.339. The van der Waals surface area contributed by atoms with Crippen molar-refractivity contribution in [3.63, 3.8) is 0 Å². The van der Waals surface area contributed by atoms with Gasteiger partial charge in [-0.05, 0) is 37.7 Å². The van der Waals surface area contributed by atoms with Crippen molar-refractivity contribution in [1.82, 2.24) is 0 Å². The fourth-order valence-electron chi connectivity index (χ4n) is 2.59. The number of hydrogen-bond donors (Lipinski definition) is 1. The lowest BCUT2D eigenvalue weighted by Gasteiger charge is -2.09. The number of carbonyl (C=O) groups is 1. The number of nitrogens with zero attached hydrogens (tertiary/aromatic N) is 1.